The smallest absolute Gasteiger partial charge is 0.227 e. The van der Waals surface area contributed by atoms with E-state index in [0.29, 0.717) is 0 Å². The lowest BCUT2D eigenvalue weighted by molar-refractivity contribution is -0.120. The fourth-order valence-corrected chi connectivity index (χ4v) is 4.63. The van der Waals surface area contributed by atoms with E-state index in [1.807, 2.05) is 56.3 Å². The maximum Gasteiger partial charge on any atom is 0.227 e. The van der Waals surface area contributed by atoms with Crippen molar-refractivity contribution < 1.29 is 9.53 Å². The zero-order valence-electron chi connectivity index (χ0n) is 16.1. The van der Waals surface area contributed by atoms with Crippen molar-refractivity contribution in [2.24, 2.45) is 5.92 Å². The van der Waals surface area contributed by atoms with Gasteiger partial charge >= 0.3 is 0 Å². The molecule has 1 unspecified atom stereocenters. The second-order valence-corrected chi connectivity index (χ2v) is 8.46. The summed E-state index contributed by atoms with van der Waals surface area (Å²) in [6.07, 6.45) is 2.60. The summed E-state index contributed by atoms with van der Waals surface area (Å²) in [5.41, 5.74) is 3.11. The molecule has 0 saturated heterocycles. The van der Waals surface area contributed by atoms with E-state index in [1.54, 1.807) is 11.3 Å². The van der Waals surface area contributed by atoms with E-state index in [0.717, 1.165) is 47.0 Å². The molecule has 0 saturated carbocycles. The lowest BCUT2D eigenvalue weighted by Crippen LogP contribution is -2.27. The molecule has 0 fully saturated rings. The number of hydrogen-bond acceptors (Lipinski definition) is 4. The first-order valence-corrected chi connectivity index (χ1v) is 10.5. The number of carbonyl (C=O) groups is 1. The number of rotatable bonds is 5. The number of anilines is 1. The van der Waals surface area contributed by atoms with Crippen LogP contribution >= 0.6 is 11.3 Å². The van der Waals surface area contributed by atoms with Gasteiger partial charge < -0.3 is 10.1 Å². The molecule has 1 aliphatic carbocycles. The summed E-state index contributed by atoms with van der Waals surface area (Å²) < 4.78 is 5.65. The van der Waals surface area contributed by atoms with E-state index in [4.69, 9.17) is 9.72 Å². The van der Waals surface area contributed by atoms with Crippen molar-refractivity contribution in [1.29, 1.82) is 0 Å². The zero-order chi connectivity index (χ0) is 19.5. The number of fused-ring (bicyclic) bond motifs is 1. The van der Waals surface area contributed by atoms with Gasteiger partial charge in [0.25, 0.3) is 0 Å². The van der Waals surface area contributed by atoms with Gasteiger partial charge in [-0.1, -0.05) is 30.3 Å². The maximum atomic E-state index is 12.8. The standard InChI is InChI=1S/C23H24N2O2S/c1-15(2)27-19-11-9-18(10-12-19)24-22(26)17-8-13-20-21(14-17)28-23(25-20)16-6-4-3-5-7-16/h3-7,9-12,15,17H,8,13-14H2,1-2H3,(H,24,26). The Morgan fingerprint density at radius 2 is 1.89 bits per heavy atom. The molecule has 1 N–H and O–H groups in total. The molecule has 0 bridgehead atoms. The van der Waals surface area contributed by atoms with Crippen molar-refractivity contribution in [3.63, 3.8) is 0 Å². The number of hydrogen-bond donors (Lipinski definition) is 1. The third kappa shape index (κ3) is 4.25. The molecule has 0 spiro atoms. The lowest BCUT2D eigenvalue weighted by Gasteiger charge is -2.20. The Hall–Kier alpha value is -2.66. The van der Waals surface area contributed by atoms with Crippen molar-refractivity contribution in [1.82, 2.24) is 4.98 Å². The second-order valence-electron chi connectivity index (χ2n) is 7.37. The van der Waals surface area contributed by atoms with Crippen LogP contribution in [0.3, 0.4) is 0 Å². The minimum absolute atomic E-state index is 0.0110. The molecule has 1 amide bonds. The van der Waals surface area contributed by atoms with Gasteiger partial charge in [-0.15, -0.1) is 11.3 Å². The van der Waals surface area contributed by atoms with E-state index >= 15 is 0 Å². The highest BCUT2D eigenvalue weighted by molar-refractivity contribution is 7.15. The number of ether oxygens (including phenoxy) is 1. The fraction of sp³-hybridized carbons (Fsp3) is 0.304. The molecule has 3 aromatic rings. The summed E-state index contributed by atoms with van der Waals surface area (Å²) in [6.45, 7) is 3.99. The normalized spacial score (nSPS) is 15.9. The number of nitrogens with zero attached hydrogens (tertiary/aromatic N) is 1. The number of nitrogens with one attached hydrogen (secondary N) is 1. The number of carbonyl (C=O) groups excluding carboxylic acids is 1. The Morgan fingerprint density at radius 3 is 2.61 bits per heavy atom. The maximum absolute atomic E-state index is 12.8. The topological polar surface area (TPSA) is 51.2 Å². The van der Waals surface area contributed by atoms with Gasteiger partial charge in [0.2, 0.25) is 5.91 Å². The number of benzene rings is 2. The average molecular weight is 393 g/mol. The molecule has 1 aliphatic rings. The van der Waals surface area contributed by atoms with Crippen LogP contribution in [0.1, 0.15) is 30.8 Å². The van der Waals surface area contributed by atoms with Crippen molar-refractivity contribution in [3.05, 3.63) is 65.2 Å². The van der Waals surface area contributed by atoms with E-state index in [1.165, 1.54) is 4.88 Å². The SMILES string of the molecule is CC(C)Oc1ccc(NC(=O)C2CCc3nc(-c4ccccc4)sc3C2)cc1. The lowest BCUT2D eigenvalue weighted by atomic mass is 9.90. The van der Waals surface area contributed by atoms with Crippen molar-refractivity contribution in [3.8, 4) is 16.3 Å². The van der Waals surface area contributed by atoms with Crippen LogP contribution in [0, 0.1) is 5.92 Å². The van der Waals surface area contributed by atoms with Gasteiger partial charge in [0, 0.05) is 22.0 Å². The van der Waals surface area contributed by atoms with Crippen LogP contribution in [0.15, 0.2) is 54.6 Å². The molecule has 28 heavy (non-hydrogen) atoms. The molecule has 1 aromatic heterocycles. The van der Waals surface area contributed by atoms with Gasteiger partial charge in [0.1, 0.15) is 10.8 Å². The van der Waals surface area contributed by atoms with Crippen LogP contribution in [0.4, 0.5) is 5.69 Å². The third-order valence-corrected chi connectivity index (χ3v) is 5.99. The van der Waals surface area contributed by atoms with E-state index in [2.05, 4.69) is 17.4 Å². The van der Waals surface area contributed by atoms with Crippen molar-refractivity contribution in [2.45, 2.75) is 39.2 Å². The quantitative estimate of drug-likeness (QED) is 0.637. The molecule has 5 heteroatoms. The molecule has 4 nitrogen and oxygen atoms in total. The molecule has 2 aromatic carbocycles. The highest BCUT2D eigenvalue weighted by atomic mass is 32.1. The summed E-state index contributed by atoms with van der Waals surface area (Å²) in [6, 6.07) is 17.8. The number of aromatic nitrogens is 1. The minimum atomic E-state index is -0.0110. The van der Waals surface area contributed by atoms with Gasteiger partial charge in [-0.2, -0.15) is 0 Å². The van der Waals surface area contributed by atoms with Crippen LogP contribution in [0.25, 0.3) is 10.6 Å². The summed E-state index contributed by atoms with van der Waals surface area (Å²) in [5, 5.41) is 4.10. The first-order chi connectivity index (χ1) is 13.6. The minimum Gasteiger partial charge on any atom is -0.491 e. The van der Waals surface area contributed by atoms with Crippen LogP contribution in [0.2, 0.25) is 0 Å². The van der Waals surface area contributed by atoms with Gasteiger partial charge in [-0.25, -0.2) is 4.98 Å². The van der Waals surface area contributed by atoms with Gasteiger partial charge in [0.15, 0.2) is 0 Å². The summed E-state index contributed by atoms with van der Waals surface area (Å²) in [4.78, 5) is 18.8. The largest absolute Gasteiger partial charge is 0.491 e. The van der Waals surface area contributed by atoms with Crippen molar-refractivity contribution in [2.75, 3.05) is 5.32 Å². The van der Waals surface area contributed by atoms with Gasteiger partial charge in [-0.3, -0.25) is 4.79 Å². The van der Waals surface area contributed by atoms with Crippen LogP contribution in [-0.4, -0.2) is 17.0 Å². The number of amides is 1. The van der Waals surface area contributed by atoms with Crippen molar-refractivity contribution >= 4 is 22.9 Å². The molecule has 0 radical (unpaired) electrons. The average Bonchev–Trinajstić information content (AvgIpc) is 3.13. The molecular weight excluding hydrogens is 368 g/mol. The Bertz CT molecular complexity index is 948. The second kappa shape index (κ2) is 8.15. The first kappa shape index (κ1) is 18.7. The Labute approximate surface area is 169 Å². The summed E-state index contributed by atoms with van der Waals surface area (Å²) in [7, 11) is 0. The summed E-state index contributed by atoms with van der Waals surface area (Å²) in [5.74, 6) is 0.884. The Balaban J connectivity index is 1.41. The summed E-state index contributed by atoms with van der Waals surface area (Å²) >= 11 is 1.72. The highest BCUT2D eigenvalue weighted by Crippen LogP contribution is 2.35. The Kier molecular flexibility index (Phi) is 5.44. The van der Waals surface area contributed by atoms with Crippen LogP contribution in [-0.2, 0) is 17.6 Å². The number of thiazole rings is 1. The Morgan fingerprint density at radius 1 is 1.14 bits per heavy atom. The van der Waals surface area contributed by atoms with Gasteiger partial charge in [0.05, 0.1) is 11.8 Å². The van der Waals surface area contributed by atoms with Crippen LogP contribution < -0.4 is 10.1 Å². The monoisotopic (exact) mass is 392 g/mol. The molecule has 4 rings (SSSR count). The zero-order valence-corrected chi connectivity index (χ0v) is 17.0. The predicted molar refractivity (Wildman–Crippen MR) is 114 cm³/mol. The van der Waals surface area contributed by atoms with E-state index < -0.39 is 0 Å². The fourth-order valence-electron chi connectivity index (χ4n) is 3.44. The molecule has 144 valence electrons. The predicted octanol–water partition coefficient (Wildman–Crippen LogP) is 5.34. The molecule has 1 atom stereocenters. The van der Waals surface area contributed by atoms with E-state index in [9.17, 15) is 4.79 Å². The number of aryl methyl sites for hydroxylation is 1. The van der Waals surface area contributed by atoms with Crippen LogP contribution in [0.5, 0.6) is 5.75 Å². The van der Waals surface area contributed by atoms with Gasteiger partial charge in [-0.05, 0) is 57.4 Å². The highest BCUT2D eigenvalue weighted by Gasteiger charge is 2.27. The third-order valence-electron chi connectivity index (χ3n) is 4.82. The molecular formula is C23H24N2O2S. The molecule has 1 heterocycles. The van der Waals surface area contributed by atoms with E-state index in [-0.39, 0.29) is 17.9 Å². The first-order valence-electron chi connectivity index (χ1n) is 9.70. The molecule has 0 aliphatic heterocycles.